The molecule has 0 bridgehead atoms. The van der Waals surface area contributed by atoms with E-state index in [4.69, 9.17) is 23.2 Å². The second-order valence-electron chi connectivity index (χ2n) is 5.32. The molecule has 1 aromatic carbocycles. The number of amides is 1. The van der Waals surface area contributed by atoms with Gasteiger partial charge in [-0.25, -0.2) is 0 Å². The Morgan fingerprint density at radius 2 is 2.00 bits per heavy atom. The number of hydrogen-bond acceptors (Lipinski definition) is 2. The maximum atomic E-state index is 12.0. The van der Waals surface area contributed by atoms with Gasteiger partial charge in [0.2, 0.25) is 5.91 Å². The fraction of sp³-hybridized carbons (Fsp3) is 0.400. The maximum absolute atomic E-state index is 12.0. The minimum absolute atomic E-state index is 0.0634. The highest BCUT2D eigenvalue weighted by Gasteiger charge is 2.28. The zero-order valence-electron chi connectivity index (χ0n) is 11.3. The van der Waals surface area contributed by atoms with E-state index in [1.165, 1.54) is 6.08 Å². The maximum Gasteiger partial charge on any atom is 0.246 e. The molecule has 1 aliphatic heterocycles. The Bertz CT molecular complexity index is 531. The first-order chi connectivity index (χ1) is 9.37. The monoisotopic (exact) mass is 313 g/mol. The summed E-state index contributed by atoms with van der Waals surface area (Å²) < 4.78 is 0. The average Bonchev–Trinajstić information content (AvgIpc) is 2.37. The van der Waals surface area contributed by atoms with Gasteiger partial charge in [0.25, 0.3) is 0 Å². The summed E-state index contributed by atoms with van der Waals surface area (Å²) in [5.74, 6) is -0.0634. The van der Waals surface area contributed by atoms with Crippen LogP contribution in [0.3, 0.4) is 0 Å². The molecular weight excluding hydrogens is 297 g/mol. The van der Waals surface area contributed by atoms with Gasteiger partial charge in [-0.2, -0.15) is 0 Å². The molecule has 0 saturated carbocycles. The van der Waals surface area contributed by atoms with Crippen molar-refractivity contribution >= 4 is 35.2 Å². The van der Waals surface area contributed by atoms with Crippen LogP contribution in [0, 0.1) is 0 Å². The SMILES string of the molecule is CC1(O)CCN(C(=O)/C=C/c2ccc(Cl)cc2Cl)CC1. The van der Waals surface area contributed by atoms with Crippen molar-refractivity contribution in [3.05, 3.63) is 39.9 Å². The number of benzene rings is 1. The van der Waals surface area contributed by atoms with Crippen molar-refractivity contribution in [2.24, 2.45) is 0 Å². The zero-order valence-corrected chi connectivity index (χ0v) is 12.8. The van der Waals surface area contributed by atoms with Gasteiger partial charge in [-0.15, -0.1) is 0 Å². The number of hydrogen-bond donors (Lipinski definition) is 1. The lowest BCUT2D eigenvalue weighted by atomic mass is 9.94. The highest BCUT2D eigenvalue weighted by atomic mass is 35.5. The molecule has 3 nitrogen and oxygen atoms in total. The van der Waals surface area contributed by atoms with E-state index in [-0.39, 0.29) is 5.91 Å². The smallest absolute Gasteiger partial charge is 0.246 e. The molecule has 1 fully saturated rings. The lowest BCUT2D eigenvalue weighted by Crippen LogP contribution is -2.44. The van der Waals surface area contributed by atoms with Crippen molar-refractivity contribution in [3.8, 4) is 0 Å². The second-order valence-corrected chi connectivity index (χ2v) is 6.17. The van der Waals surface area contributed by atoms with Gasteiger partial charge in [-0.1, -0.05) is 29.3 Å². The van der Waals surface area contributed by atoms with Crippen LogP contribution in [0.25, 0.3) is 6.08 Å². The minimum atomic E-state index is -0.653. The van der Waals surface area contributed by atoms with E-state index in [1.807, 2.05) is 0 Å². The number of rotatable bonds is 2. The molecule has 1 amide bonds. The molecule has 0 spiro atoms. The quantitative estimate of drug-likeness (QED) is 0.850. The van der Waals surface area contributed by atoms with Crippen LogP contribution in [0.1, 0.15) is 25.3 Å². The summed E-state index contributed by atoms with van der Waals surface area (Å²) in [7, 11) is 0. The van der Waals surface area contributed by atoms with Crippen molar-refractivity contribution in [2.45, 2.75) is 25.4 Å². The first kappa shape index (κ1) is 15.4. The molecule has 1 heterocycles. The minimum Gasteiger partial charge on any atom is -0.390 e. The normalized spacial score (nSPS) is 18.5. The first-order valence-corrected chi connectivity index (χ1v) is 7.27. The fourth-order valence-corrected chi connectivity index (χ4v) is 2.58. The van der Waals surface area contributed by atoms with Crippen molar-refractivity contribution in [3.63, 3.8) is 0 Å². The summed E-state index contributed by atoms with van der Waals surface area (Å²) >= 11 is 11.9. The molecule has 0 radical (unpaired) electrons. The highest BCUT2D eigenvalue weighted by Crippen LogP contribution is 2.23. The van der Waals surface area contributed by atoms with Crippen LogP contribution in [-0.4, -0.2) is 34.6 Å². The number of carbonyl (C=O) groups is 1. The van der Waals surface area contributed by atoms with Gasteiger partial charge in [0.05, 0.1) is 5.60 Å². The van der Waals surface area contributed by atoms with E-state index in [0.29, 0.717) is 36.0 Å². The van der Waals surface area contributed by atoms with Gasteiger partial charge in [-0.3, -0.25) is 4.79 Å². The van der Waals surface area contributed by atoms with Crippen LogP contribution in [0.15, 0.2) is 24.3 Å². The van der Waals surface area contributed by atoms with Gasteiger partial charge >= 0.3 is 0 Å². The van der Waals surface area contributed by atoms with Crippen LogP contribution in [-0.2, 0) is 4.79 Å². The predicted molar refractivity (Wildman–Crippen MR) is 81.9 cm³/mol. The van der Waals surface area contributed by atoms with Gasteiger partial charge in [0.15, 0.2) is 0 Å². The third-order valence-corrected chi connectivity index (χ3v) is 4.08. The number of aliphatic hydroxyl groups is 1. The summed E-state index contributed by atoms with van der Waals surface area (Å²) in [6.45, 7) is 2.95. The predicted octanol–water partition coefficient (Wildman–Crippen LogP) is 3.38. The van der Waals surface area contributed by atoms with Crippen molar-refractivity contribution in [1.29, 1.82) is 0 Å². The Hall–Kier alpha value is -1.03. The summed E-state index contributed by atoms with van der Waals surface area (Å²) in [5, 5.41) is 10.9. The lowest BCUT2D eigenvalue weighted by Gasteiger charge is -2.35. The van der Waals surface area contributed by atoms with E-state index in [1.54, 1.807) is 36.1 Å². The molecule has 108 valence electrons. The summed E-state index contributed by atoms with van der Waals surface area (Å²) in [6, 6.07) is 5.15. The Morgan fingerprint density at radius 3 is 2.60 bits per heavy atom. The van der Waals surface area contributed by atoms with E-state index in [2.05, 4.69) is 0 Å². The van der Waals surface area contributed by atoms with Gasteiger partial charge < -0.3 is 10.0 Å². The third kappa shape index (κ3) is 3.98. The van der Waals surface area contributed by atoms with Crippen LogP contribution >= 0.6 is 23.2 Å². The Morgan fingerprint density at radius 1 is 1.35 bits per heavy atom. The van der Waals surface area contributed by atoms with Crippen LogP contribution in [0.2, 0.25) is 10.0 Å². The molecule has 20 heavy (non-hydrogen) atoms. The van der Waals surface area contributed by atoms with Crippen LogP contribution < -0.4 is 0 Å². The van der Waals surface area contributed by atoms with E-state index < -0.39 is 5.60 Å². The third-order valence-electron chi connectivity index (χ3n) is 3.52. The van der Waals surface area contributed by atoms with E-state index in [0.717, 1.165) is 5.56 Å². The summed E-state index contributed by atoms with van der Waals surface area (Å²) in [5.41, 5.74) is 0.105. The molecule has 2 rings (SSSR count). The lowest BCUT2D eigenvalue weighted by molar-refractivity contribution is -0.129. The molecule has 1 N–H and O–H groups in total. The van der Waals surface area contributed by atoms with Crippen LogP contribution in [0.4, 0.5) is 0 Å². The number of nitrogens with zero attached hydrogens (tertiary/aromatic N) is 1. The Kier molecular flexibility index (Phi) is 4.74. The molecule has 0 aromatic heterocycles. The Labute approximate surface area is 128 Å². The van der Waals surface area contributed by atoms with Gasteiger partial charge in [-0.05, 0) is 43.5 Å². The van der Waals surface area contributed by atoms with E-state index >= 15 is 0 Å². The molecule has 1 aliphatic rings. The van der Waals surface area contributed by atoms with Crippen molar-refractivity contribution in [1.82, 2.24) is 4.90 Å². The molecule has 5 heteroatoms. The van der Waals surface area contributed by atoms with E-state index in [9.17, 15) is 9.90 Å². The van der Waals surface area contributed by atoms with Crippen molar-refractivity contribution in [2.75, 3.05) is 13.1 Å². The second kappa shape index (κ2) is 6.17. The summed E-state index contributed by atoms with van der Waals surface area (Å²) in [6.07, 6.45) is 4.41. The highest BCUT2D eigenvalue weighted by molar-refractivity contribution is 6.35. The van der Waals surface area contributed by atoms with Gasteiger partial charge in [0, 0.05) is 29.2 Å². The van der Waals surface area contributed by atoms with Gasteiger partial charge in [0.1, 0.15) is 0 Å². The first-order valence-electron chi connectivity index (χ1n) is 6.52. The number of halogens is 2. The molecule has 0 atom stereocenters. The largest absolute Gasteiger partial charge is 0.390 e. The Balaban J connectivity index is 1.99. The summed E-state index contributed by atoms with van der Waals surface area (Å²) in [4.78, 5) is 13.8. The number of carbonyl (C=O) groups excluding carboxylic acids is 1. The molecule has 1 saturated heterocycles. The van der Waals surface area contributed by atoms with Crippen molar-refractivity contribution < 1.29 is 9.90 Å². The number of piperidine rings is 1. The standard InChI is InChI=1S/C15H17Cl2NO2/c1-15(20)6-8-18(9-7-15)14(19)5-3-11-2-4-12(16)10-13(11)17/h2-5,10,20H,6-9H2,1H3/b5-3+. The molecule has 0 unspecified atom stereocenters. The van der Waals surface area contributed by atoms with Crippen LogP contribution in [0.5, 0.6) is 0 Å². The molecular formula is C15H17Cl2NO2. The molecule has 1 aromatic rings. The zero-order chi connectivity index (χ0) is 14.8. The molecule has 0 aliphatic carbocycles. The average molecular weight is 314 g/mol. The fourth-order valence-electron chi connectivity index (χ4n) is 2.11. The number of likely N-dealkylation sites (tertiary alicyclic amines) is 1. The topological polar surface area (TPSA) is 40.5 Å².